The second-order valence-electron chi connectivity index (χ2n) is 8.27. The zero-order chi connectivity index (χ0) is 21.6. The van der Waals surface area contributed by atoms with E-state index in [-0.39, 0.29) is 11.8 Å². The van der Waals surface area contributed by atoms with Crippen molar-refractivity contribution in [3.8, 4) is 11.1 Å². The fraction of sp³-hybridized carbons (Fsp3) is 0.440. The number of aryl methyl sites for hydroxylation is 1. The molecule has 30 heavy (non-hydrogen) atoms. The van der Waals surface area contributed by atoms with Crippen molar-refractivity contribution < 1.29 is 14.3 Å². The lowest BCUT2D eigenvalue weighted by Gasteiger charge is -2.41. The number of benzene rings is 2. The van der Waals surface area contributed by atoms with E-state index < -0.39 is 5.41 Å². The number of methoxy groups -OCH3 is 1. The van der Waals surface area contributed by atoms with Gasteiger partial charge in [-0.25, -0.2) is 0 Å². The van der Waals surface area contributed by atoms with Gasteiger partial charge < -0.3 is 15.0 Å². The number of likely N-dealkylation sites (tertiary alicyclic amines) is 1. The van der Waals surface area contributed by atoms with Crippen molar-refractivity contribution >= 4 is 11.8 Å². The highest BCUT2D eigenvalue weighted by molar-refractivity contribution is 5.85. The Morgan fingerprint density at radius 2 is 1.87 bits per heavy atom. The molecule has 0 spiro atoms. The van der Waals surface area contributed by atoms with Crippen LogP contribution >= 0.6 is 0 Å². The van der Waals surface area contributed by atoms with Gasteiger partial charge in [0.2, 0.25) is 11.8 Å². The molecule has 0 bridgehead atoms. The largest absolute Gasteiger partial charge is 0.384 e. The SMILES string of the molecule is CNC(=O)[C@@]1(Cc2cccc(-c3cccc(C)c3)c2)CCCN(C(=O)CCOC)C1. The van der Waals surface area contributed by atoms with Gasteiger partial charge in [0.15, 0.2) is 0 Å². The summed E-state index contributed by atoms with van der Waals surface area (Å²) in [5.41, 5.74) is 4.04. The number of hydrogen-bond acceptors (Lipinski definition) is 3. The Balaban J connectivity index is 1.86. The van der Waals surface area contributed by atoms with Gasteiger partial charge in [0.1, 0.15) is 0 Å². The number of ether oxygens (including phenoxy) is 1. The van der Waals surface area contributed by atoms with E-state index in [0.717, 1.165) is 24.0 Å². The fourth-order valence-electron chi connectivity index (χ4n) is 4.44. The van der Waals surface area contributed by atoms with Gasteiger partial charge in [-0.2, -0.15) is 0 Å². The van der Waals surface area contributed by atoms with Gasteiger partial charge in [-0.15, -0.1) is 0 Å². The van der Waals surface area contributed by atoms with Crippen molar-refractivity contribution in [3.05, 3.63) is 59.7 Å². The number of amides is 2. The molecule has 3 rings (SSSR count). The molecule has 0 aliphatic carbocycles. The Labute approximate surface area is 179 Å². The summed E-state index contributed by atoms with van der Waals surface area (Å²) in [5.74, 6) is 0.0611. The number of nitrogens with one attached hydrogen (secondary N) is 1. The van der Waals surface area contributed by atoms with Gasteiger partial charge in [0, 0.05) is 27.2 Å². The number of carbonyl (C=O) groups is 2. The molecule has 1 aliphatic heterocycles. The fourth-order valence-corrected chi connectivity index (χ4v) is 4.44. The summed E-state index contributed by atoms with van der Waals surface area (Å²) in [7, 11) is 3.28. The molecule has 2 aromatic carbocycles. The van der Waals surface area contributed by atoms with Gasteiger partial charge in [0.25, 0.3) is 0 Å². The molecule has 0 radical (unpaired) electrons. The van der Waals surface area contributed by atoms with E-state index in [1.165, 1.54) is 11.1 Å². The summed E-state index contributed by atoms with van der Waals surface area (Å²) in [6.45, 7) is 3.64. The van der Waals surface area contributed by atoms with E-state index >= 15 is 0 Å². The maximum atomic E-state index is 13.0. The van der Waals surface area contributed by atoms with Crippen molar-refractivity contribution in [1.82, 2.24) is 10.2 Å². The molecule has 0 saturated carbocycles. The summed E-state index contributed by atoms with van der Waals surface area (Å²) < 4.78 is 5.06. The van der Waals surface area contributed by atoms with E-state index in [4.69, 9.17) is 4.74 Å². The summed E-state index contributed by atoms with van der Waals surface area (Å²) in [4.78, 5) is 27.4. The summed E-state index contributed by atoms with van der Waals surface area (Å²) in [6, 6.07) is 16.8. The molecule has 1 saturated heterocycles. The van der Waals surface area contributed by atoms with Crippen LogP contribution in [0.4, 0.5) is 0 Å². The molecule has 2 aromatic rings. The molecule has 1 fully saturated rings. The molecule has 1 N–H and O–H groups in total. The Kier molecular flexibility index (Phi) is 7.27. The van der Waals surface area contributed by atoms with Gasteiger partial charge in [-0.05, 0) is 42.9 Å². The molecule has 0 unspecified atom stereocenters. The van der Waals surface area contributed by atoms with Crippen LogP contribution in [0.3, 0.4) is 0 Å². The van der Waals surface area contributed by atoms with Gasteiger partial charge in [-0.3, -0.25) is 9.59 Å². The van der Waals surface area contributed by atoms with Crippen LogP contribution in [0.15, 0.2) is 48.5 Å². The van der Waals surface area contributed by atoms with Crippen LogP contribution in [-0.4, -0.2) is 50.6 Å². The lowest BCUT2D eigenvalue weighted by atomic mass is 9.74. The third-order valence-electron chi connectivity index (χ3n) is 5.98. The molecule has 1 aliphatic rings. The molecule has 2 amide bonds. The third-order valence-corrected chi connectivity index (χ3v) is 5.98. The van der Waals surface area contributed by atoms with Gasteiger partial charge in [-0.1, -0.05) is 54.1 Å². The number of piperidine rings is 1. The molecule has 5 heteroatoms. The molecule has 1 heterocycles. The number of rotatable bonds is 7. The second-order valence-corrected chi connectivity index (χ2v) is 8.27. The van der Waals surface area contributed by atoms with Crippen LogP contribution in [0.5, 0.6) is 0 Å². The summed E-state index contributed by atoms with van der Waals surface area (Å²) >= 11 is 0. The standard InChI is InChI=1S/C25H32N2O3/c1-19-7-4-9-21(15-19)22-10-5-8-20(16-22)17-25(24(29)26-2)12-6-13-27(18-25)23(28)11-14-30-3/h4-5,7-10,15-16H,6,11-14,17-18H2,1-3H3,(H,26,29)/t25-/m1/s1. The minimum absolute atomic E-state index is 0.00713. The van der Waals surface area contributed by atoms with Crippen molar-refractivity contribution in [2.45, 2.75) is 32.6 Å². The minimum Gasteiger partial charge on any atom is -0.384 e. The zero-order valence-electron chi connectivity index (χ0n) is 18.2. The topological polar surface area (TPSA) is 58.6 Å². The van der Waals surface area contributed by atoms with Crippen molar-refractivity contribution in [2.24, 2.45) is 5.41 Å². The molecular weight excluding hydrogens is 376 g/mol. The lowest BCUT2D eigenvalue weighted by molar-refractivity contribution is -0.141. The lowest BCUT2D eigenvalue weighted by Crippen LogP contribution is -2.54. The van der Waals surface area contributed by atoms with Gasteiger partial charge in [0.05, 0.1) is 18.4 Å². The molecule has 1 atom stereocenters. The predicted molar refractivity (Wildman–Crippen MR) is 119 cm³/mol. The Hall–Kier alpha value is -2.66. The Morgan fingerprint density at radius 1 is 1.13 bits per heavy atom. The molecule has 160 valence electrons. The van der Waals surface area contributed by atoms with Crippen LogP contribution < -0.4 is 5.32 Å². The van der Waals surface area contributed by atoms with Crippen molar-refractivity contribution in [2.75, 3.05) is 33.9 Å². The predicted octanol–water partition coefficient (Wildman–Crippen LogP) is 3.60. The first-order valence-corrected chi connectivity index (χ1v) is 10.6. The van der Waals surface area contributed by atoms with Crippen LogP contribution in [0, 0.1) is 12.3 Å². The number of nitrogens with zero attached hydrogens (tertiary/aromatic N) is 1. The maximum absolute atomic E-state index is 13.0. The molecular formula is C25H32N2O3. The van der Waals surface area contributed by atoms with E-state index in [1.54, 1.807) is 14.2 Å². The highest BCUT2D eigenvalue weighted by atomic mass is 16.5. The summed E-state index contributed by atoms with van der Waals surface area (Å²) in [6.07, 6.45) is 2.56. The first-order valence-electron chi connectivity index (χ1n) is 10.6. The monoisotopic (exact) mass is 408 g/mol. The first kappa shape index (κ1) is 22.0. The molecule has 0 aromatic heterocycles. The maximum Gasteiger partial charge on any atom is 0.228 e. The van der Waals surface area contributed by atoms with Crippen LogP contribution in [0.2, 0.25) is 0 Å². The van der Waals surface area contributed by atoms with Crippen LogP contribution in [-0.2, 0) is 20.7 Å². The van der Waals surface area contributed by atoms with Crippen LogP contribution in [0.25, 0.3) is 11.1 Å². The number of carbonyl (C=O) groups excluding carboxylic acids is 2. The quantitative estimate of drug-likeness (QED) is 0.762. The smallest absolute Gasteiger partial charge is 0.228 e. The highest BCUT2D eigenvalue weighted by Gasteiger charge is 2.42. The Morgan fingerprint density at radius 3 is 2.57 bits per heavy atom. The third kappa shape index (κ3) is 5.08. The highest BCUT2D eigenvalue weighted by Crippen LogP contribution is 2.35. The van der Waals surface area contributed by atoms with E-state index in [0.29, 0.717) is 32.5 Å². The van der Waals surface area contributed by atoms with Crippen molar-refractivity contribution in [3.63, 3.8) is 0 Å². The number of hydrogen-bond donors (Lipinski definition) is 1. The average Bonchev–Trinajstić information content (AvgIpc) is 2.77. The molecule has 5 nitrogen and oxygen atoms in total. The van der Waals surface area contributed by atoms with Crippen LogP contribution in [0.1, 0.15) is 30.4 Å². The zero-order valence-corrected chi connectivity index (χ0v) is 18.2. The minimum atomic E-state index is -0.610. The summed E-state index contributed by atoms with van der Waals surface area (Å²) in [5, 5.41) is 2.85. The van der Waals surface area contributed by atoms with Gasteiger partial charge >= 0.3 is 0 Å². The average molecular weight is 409 g/mol. The Bertz CT molecular complexity index is 895. The van der Waals surface area contributed by atoms with Crippen molar-refractivity contribution in [1.29, 1.82) is 0 Å². The normalized spacial score (nSPS) is 18.8. The first-order chi connectivity index (χ1) is 14.5. The van der Waals surface area contributed by atoms with E-state index in [9.17, 15) is 9.59 Å². The second kappa shape index (κ2) is 9.90. The van der Waals surface area contributed by atoms with E-state index in [1.807, 2.05) is 4.90 Å². The van der Waals surface area contributed by atoms with E-state index in [2.05, 4.69) is 60.8 Å².